The molecule has 5 heterocycles. The monoisotopic (exact) mass is 1040 g/mol. The van der Waals surface area contributed by atoms with Gasteiger partial charge in [-0.2, -0.15) is 15.4 Å². The summed E-state index contributed by atoms with van der Waals surface area (Å²) in [5.41, 5.74) is 5.95. The molecule has 3 aromatic heterocycles. The van der Waals surface area contributed by atoms with Crippen LogP contribution in [0.15, 0.2) is 54.6 Å². The van der Waals surface area contributed by atoms with Crippen molar-refractivity contribution < 1.29 is 23.9 Å². The molecule has 4 N–H and O–H groups in total. The SMILES string of the molecule is CCc1ccccc1-c1cc(C(=O)NC(CCN2CCCCC2)CC(=O)NC2CCC2)nn1C1CCCC1.COc1cccc(OC)c1-c1cc(C(=O)NC(CCN2CCCCC2)Cc2nn[nH]n2)nn1C1CCCC1. The van der Waals surface area contributed by atoms with Gasteiger partial charge < -0.3 is 35.2 Å². The van der Waals surface area contributed by atoms with Gasteiger partial charge in [-0.25, -0.2) is 0 Å². The van der Waals surface area contributed by atoms with Crippen LogP contribution in [-0.2, 0) is 17.6 Å². The van der Waals surface area contributed by atoms with Crippen molar-refractivity contribution in [3.63, 3.8) is 0 Å². The number of methoxy groups -OCH3 is 2. The molecule has 5 aromatic rings. The van der Waals surface area contributed by atoms with E-state index >= 15 is 0 Å². The highest BCUT2D eigenvalue weighted by Gasteiger charge is 2.30. The molecule has 2 saturated heterocycles. The van der Waals surface area contributed by atoms with Gasteiger partial charge in [0.25, 0.3) is 11.8 Å². The van der Waals surface area contributed by atoms with Gasteiger partial charge in [0, 0.05) is 49.6 Å². The van der Waals surface area contributed by atoms with Crippen molar-refractivity contribution in [1.82, 2.24) is 65.9 Å². The first-order valence-electron chi connectivity index (χ1n) is 28.8. The Morgan fingerprint density at radius 1 is 0.658 bits per heavy atom. The molecule has 0 bridgehead atoms. The largest absolute Gasteiger partial charge is 0.496 e. The molecule has 3 aliphatic carbocycles. The summed E-state index contributed by atoms with van der Waals surface area (Å²) in [6.07, 6.45) is 23.2. The second-order valence-electron chi connectivity index (χ2n) is 21.8. The van der Waals surface area contributed by atoms with E-state index in [4.69, 9.17) is 19.7 Å². The minimum Gasteiger partial charge on any atom is -0.496 e. The summed E-state index contributed by atoms with van der Waals surface area (Å²) < 4.78 is 15.5. The summed E-state index contributed by atoms with van der Waals surface area (Å²) in [6.45, 7) is 8.44. The first-order chi connectivity index (χ1) is 37.3. The van der Waals surface area contributed by atoms with Crippen molar-refractivity contribution in [2.75, 3.05) is 53.5 Å². The fourth-order valence-corrected chi connectivity index (χ4v) is 12.0. The highest BCUT2D eigenvalue weighted by molar-refractivity contribution is 5.95. The van der Waals surface area contributed by atoms with E-state index in [1.165, 1.54) is 63.4 Å². The Hall–Kier alpha value is -6.14. The van der Waals surface area contributed by atoms with Gasteiger partial charge in [0.05, 0.1) is 43.3 Å². The number of tetrazole rings is 1. The van der Waals surface area contributed by atoms with Crippen molar-refractivity contribution in [2.24, 2.45) is 0 Å². The number of rotatable bonds is 22. The number of nitrogens with zero attached hydrogens (tertiary/aromatic N) is 9. The van der Waals surface area contributed by atoms with Gasteiger partial charge in [-0.05, 0) is 146 Å². The normalized spacial score (nSPS) is 18.6. The second-order valence-corrected chi connectivity index (χ2v) is 21.8. The number of piperidine rings is 2. The lowest BCUT2D eigenvalue weighted by Crippen LogP contribution is -2.45. The van der Waals surface area contributed by atoms with Gasteiger partial charge in [0.1, 0.15) is 11.5 Å². The molecule has 3 saturated carbocycles. The number of aromatic amines is 1. The molecule has 18 nitrogen and oxygen atoms in total. The Morgan fingerprint density at radius 3 is 1.75 bits per heavy atom. The predicted octanol–water partition coefficient (Wildman–Crippen LogP) is 8.67. The van der Waals surface area contributed by atoms with E-state index in [0.29, 0.717) is 53.6 Å². The number of amides is 3. The first kappa shape index (κ1) is 54.6. The quantitative estimate of drug-likeness (QED) is 0.0515. The third-order valence-corrected chi connectivity index (χ3v) is 16.5. The Kier molecular flexibility index (Phi) is 19.6. The molecule has 2 unspecified atom stereocenters. The standard InChI is InChI=1S/C31H45N5O2.C27H38N8O3/c1-2-23-11-4-7-16-27(23)29-22-28(34-36(29)26-14-5-6-15-26)31(38)33-25(17-20-35-18-8-3-9-19-35)21-30(37)32-24-12-10-13-24;1-37-23-11-8-12-24(38-2)26(23)22-18-21(31-35(22)20-9-4-5-10-20)27(36)28-19(17-25-29-32-33-30-25)13-16-34-14-6-3-7-15-34/h4,7,11,16,22,24-26H,2-3,5-6,8-10,12-15,17-21H2,1H3,(H,32,37)(H,33,38);8,11-12,18-20H,3-7,9-10,13-17H2,1-2H3,(H,28,36)(H,29,30,32,33). The fraction of sp³-hybridized carbons (Fsp3) is 0.621. The smallest absolute Gasteiger partial charge is 0.272 e. The number of H-pyrrole nitrogens is 1. The number of benzene rings is 2. The Bertz CT molecular complexity index is 2600. The van der Waals surface area contributed by atoms with E-state index in [1.807, 2.05) is 35.0 Å². The number of hydrogen-bond donors (Lipinski definition) is 4. The van der Waals surface area contributed by atoms with Gasteiger partial charge in [0.15, 0.2) is 17.2 Å². The predicted molar refractivity (Wildman–Crippen MR) is 293 cm³/mol. The lowest BCUT2D eigenvalue weighted by molar-refractivity contribution is -0.122. The summed E-state index contributed by atoms with van der Waals surface area (Å²) in [5.74, 6) is 1.64. The number of hydrogen-bond acceptors (Lipinski definition) is 12. The second kappa shape index (κ2) is 27.3. The molecule has 3 amide bonds. The molecule has 0 radical (unpaired) electrons. The van der Waals surface area contributed by atoms with E-state index in [-0.39, 0.29) is 35.8 Å². The van der Waals surface area contributed by atoms with Crippen LogP contribution in [-0.4, -0.2) is 139 Å². The third kappa shape index (κ3) is 14.3. The van der Waals surface area contributed by atoms with E-state index in [1.54, 1.807) is 14.2 Å². The molecule has 10 rings (SSSR count). The van der Waals surface area contributed by atoms with Crippen molar-refractivity contribution >= 4 is 17.7 Å². The van der Waals surface area contributed by atoms with Crippen molar-refractivity contribution in [3.8, 4) is 34.0 Å². The van der Waals surface area contributed by atoms with Gasteiger partial charge in [-0.3, -0.25) is 23.7 Å². The number of aromatic nitrogens is 8. The zero-order valence-corrected chi connectivity index (χ0v) is 45.4. The summed E-state index contributed by atoms with van der Waals surface area (Å²) in [7, 11) is 3.29. The maximum absolute atomic E-state index is 13.6. The summed E-state index contributed by atoms with van der Waals surface area (Å²) in [4.78, 5) is 45.0. The molecule has 5 aliphatic rings. The molecule has 410 valence electrons. The lowest BCUT2D eigenvalue weighted by Gasteiger charge is -2.29. The van der Waals surface area contributed by atoms with Crippen LogP contribution in [0.5, 0.6) is 11.5 Å². The molecule has 2 aliphatic heterocycles. The number of ether oxygens (including phenoxy) is 2. The molecule has 76 heavy (non-hydrogen) atoms. The van der Waals surface area contributed by atoms with Crippen LogP contribution in [0.1, 0.15) is 180 Å². The number of likely N-dealkylation sites (tertiary alicyclic amines) is 2. The van der Waals surface area contributed by atoms with Crippen LogP contribution >= 0.6 is 0 Å². The zero-order valence-electron chi connectivity index (χ0n) is 45.4. The Labute approximate surface area is 449 Å². The molecule has 5 fully saturated rings. The van der Waals surface area contributed by atoms with Gasteiger partial charge in [-0.1, -0.05) is 81.0 Å². The molecule has 2 atom stereocenters. The first-order valence-corrected chi connectivity index (χ1v) is 28.8. The van der Waals surface area contributed by atoms with Crippen molar-refractivity contribution in [2.45, 2.75) is 178 Å². The fourth-order valence-electron chi connectivity index (χ4n) is 12.0. The molecular weight excluding hydrogens is 959 g/mol. The van der Waals surface area contributed by atoms with Crippen LogP contribution < -0.4 is 25.4 Å². The molecule has 2 aromatic carbocycles. The van der Waals surface area contributed by atoms with Crippen LogP contribution in [0.25, 0.3) is 22.5 Å². The topological polar surface area (TPSA) is 202 Å². The molecule has 0 spiro atoms. The minimum absolute atomic E-state index is 0.0488. The molecular formula is C58H83N13O5. The van der Waals surface area contributed by atoms with Gasteiger partial charge in [0.2, 0.25) is 5.91 Å². The van der Waals surface area contributed by atoms with Crippen LogP contribution in [0.3, 0.4) is 0 Å². The zero-order chi connectivity index (χ0) is 52.6. The number of aryl methyl sites for hydroxylation is 1. The van der Waals surface area contributed by atoms with Crippen molar-refractivity contribution in [1.29, 1.82) is 0 Å². The van der Waals surface area contributed by atoms with Crippen LogP contribution in [0.4, 0.5) is 0 Å². The lowest BCUT2D eigenvalue weighted by atomic mass is 9.93. The van der Waals surface area contributed by atoms with Gasteiger partial charge >= 0.3 is 0 Å². The summed E-state index contributed by atoms with van der Waals surface area (Å²) in [5, 5.41) is 33.8. The number of nitrogens with one attached hydrogen (secondary N) is 4. The van der Waals surface area contributed by atoms with Crippen LogP contribution in [0, 0.1) is 0 Å². The summed E-state index contributed by atoms with van der Waals surface area (Å²) in [6, 6.07) is 18.5. The van der Waals surface area contributed by atoms with Gasteiger partial charge in [-0.15, -0.1) is 10.2 Å². The average molecular weight is 1040 g/mol. The minimum atomic E-state index is -0.205. The Morgan fingerprint density at radius 2 is 1.21 bits per heavy atom. The molecule has 18 heteroatoms. The van der Waals surface area contributed by atoms with E-state index in [0.717, 1.165) is 132 Å². The highest BCUT2D eigenvalue weighted by atomic mass is 16.5. The number of carbonyl (C=O) groups excluding carboxylic acids is 3. The maximum atomic E-state index is 13.6. The Balaban J connectivity index is 0.000000186. The highest BCUT2D eigenvalue weighted by Crippen LogP contribution is 2.42. The van der Waals surface area contributed by atoms with E-state index < -0.39 is 0 Å². The number of carbonyl (C=O) groups is 3. The third-order valence-electron chi connectivity index (χ3n) is 16.5. The average Bonchev–Trinajstić information content (AvgIpc) is 4.32. The maximum Gasteiger partial charge on any atom is 0.272 e. The van der Waals surface area contributed by atoms with Crippen molar-refractivity contribution in [3.05, 3.63) is 77.4 Å². The van der Waals surface area contributed by atoms with E-state index in [9.17, 15) is 14.4 Å². The summed E-state index contributed by atoms with van der Waals surface area (Å²) >= 11 is 0. The van der Waals surface area contributed by atoms with Crippen LogP contribution in [0.2, 0.25) is 0 Å². The van der Waals surface area contributed by atoms with E-state index in [2.05, 4.69) is 82.2 Å².